The highest BCUT2D eigenvalue weighted by atomic mass is 32.2. The lowest BCUT2D eigenvalue weighted by molar-refractivity contribution is 0.540. The smallest absolute Gasteiger partial charge is 0.197 e. The zero-order valence-corrected chi connectivity index (χ0v) is 18.9. The number of hydrogen-bond donors (Lipinski definition) is 1. The van der Waals surface area contributed by atoms with E-state index in [4.69, 9.17) is 4.98 Å². The van der Waals surface area contributed by atoms with E-state index in [-0.39, 0.29) is 0 Å². The second-order valence-corrected chi connectivity index (χ2v) is 9.24. The molecule has 0 aliphatic heterocycles. The Bertz CT molecular complexity index is 1090. The number of aromatic nitrogens is 4. The highest BCUT2D eigenvalue weighted by Crippen LogP contribution is 2.30. The van der Waals surface area contributed by atoms with Crippen LogP contribution in [0.4, 0.5) is 0 Å². The normalized spacial score (nSPS) is 12.2. The maximum Gasteiger partial charge on any atom is 0.197 e. The lowest BCUT2D eigenvalue weighted by Crippen LogP contribution is -2.04. The minimum absolute atomic E-state index is 0.552. The predicted octanol–water partition coefficient (Wildman–Crippen LogP) is 5.54. The molecule has 1 N–H and O–H groups in total. The van der Waals surface area contributed by atoms with Gasteiger partial charge in [-0.15, -0.1) is 0 Å². The molecule has 0 bridgehead atoms. The van der Waals surface area contributed by atoms with E-state index in [2.05, 4.69) is 27.8 Å². The number of unbranched alkanes of at least 4 members (excludes halogenated alkanes) is 2. The third-order valence-corrected chi connectivity index (χ3v) is 6.59. The summed E-state index contributed by atoms with van der Waals surface area (Å²) in [4.78, 5) is 8.10. The van der Waals surface area contributed by atoms with Crippen molar-refractivity contribution in [2.45, 2.75) is 44.8 Å². The molecule has 0 saturated heterocycles. The Hall–Kier alpha value is -2.99. The molecule has 0 saturated carbocycles. The lowest BCUT2D eigenvalue weighted by Gasteiger charge is -2.04. The molecule has 31 heavy (non-hydrogen) atoms. The third-order valence-electron chi connectivity index (χ3n) is 5.31. The molecule has 0 aliphatic carbocycles. The third kappa shape index (κ3) is 5.20. The van der Waals surface area contributed by atoms with Crippen LogP contribution in [0.25, 0.3) is 22.5 Å². The van der Waals surface area contributed by atoms with E-state index in [1.165, 1.54) is 5.69 Å². The summed E-state index contributed by atoms with van der Waals surface area (Å²) < 4.78 is 15.0. The summed E-state index contributed by atoms with van der Waals surface area (Å²) in [6.45, 7) is 5.01. The van der Waals surface area contributed by atoms with Crippen LogP contribution >= 0.6 is 0 Å². The van der Waals surface area contributed by atoms with E-state index in [0.717, 1.165) is 54.0 Å². The van der Waals surface area contributed by atoms with Gasteiger partial charge >= 0.3 is 0 Å². The summed E-state index contributed by atoms with van der Waals surface area (Å²) in [5.41, 5.74) is 6.07. The van der Waals surface area contributed by atoms with Crippen LogP contribution in [0.5, 0.6) is 0 Å². The Balaban J connectivity index is 1.42. The number of aromatic amines is 1. The van der Waals surface area contributed by atoms with Crippen LogP contribution in [0.15, 0.2) is 71.9 Å². The highest BCUT2D eigenvalue weighted by Gasteiger charge is 2.17. The molecule has 160 valence electrons. The topological polar surface area (TPSA) is 63.6 Å². The van der Waals surface area contributed by atoms with Crippen molar-refractivity contribution in [3.05, 3.63) is 78.1 Å². The Labute approximate surface area is 186 Å². The largest absolute Gasteiger partial charge is 0.330 e. The van der Waals surface area contributed by atoms with Gasteiger partial charge in [-0.25, -0.2) is 4.98 Å². The number of rotatable bonds is 9. The molecule has 0 radical (unpaired) electrons. The fourth-order valence-electron chi connectivity index (χ4n) is 3.75. The minimum Gasteiger partial charge on any atom is -0.330 e. The van der Waals surface area contributed by atoms with Gasteiger partial charge in [0.05, 0.1) is 27.9 Å². The number of H-pyrrole nitrogens is 1. The van der Waals surface area contributed by atoms with Crippen LogP contribution in [0, 0.1) is 13.8 Å². The first-order valence-electron chi connectivity index (χ1n) is 10.7. The molecule has 0 unspecified atom stereocenters. The predicted molar refractivity (Wildman–Crippen MR) is 126 cm³/mol. The average molecular weight is 433 g/mol. The molecular formula is C25H28N4OS. The van der Waals surface area contributed by atoms with Gasteiger partial charge < -0.3 is 4.98 Å². The van der Waals surface area contributed by atoms with Crippen LogP contribution in [0.3, 0.4) is 0 Å². The molecule has 1 atom stereocenters. The van der Waals surface area contributed by atoms with E-state index < -0.39 is 10.8 Å². The fraction of sp³-hybridized carbons (Fsp3) is 0.280. The summed E-state index contributed by atoms with van der Waals surface area (Å²) in [5, 5.41) is 5.05. The quantitative estimate of drug-likeness (QED) is 0.353. The molecule has 0 fully saturated rings. The van der Waals surface area contributed by atoms with Crippen molar-refractivity contribution < 1.29 is 4.21 Å². The summed E-state index contributed by atoms with van der Waals surface area (Å²) in [5.74, 6) is 0.604. The standard InChI is InChI=1S/C25H28N4OS/c1-19-18-20(2)29(28-19)16-10-5-11-17-31(30)25-26-23(21-12-6-3-7-13-21)24(27-25)22-14-8-4-9-15-22/h3-4,6-9,12-15,18H,5,10-11,16-17H2,1-2H3,(H,26,27)/t31-/m1/s1. The molecule has 4 rings (SSSR count). The Morgan fingerprint density at radius 2 is 1.58 bits per heavy atom. The first kappa shape index (κ1) is 21.2. The van der Waals surface area contributed by atoms with Crippen molar-refractivity contribution in [2.24, 2.45) is 0 Å². The SMILES string of the molecule is Cc1cc(C)n(CCCCC[S@@](=O)c2nc(-c3ccccc3)c(-c3ccccc3)[nH]2)n1. The molecule has 2 heterocycles. The number of nitrogens with one attached hydrogen (secondary N) is 1. The highest BCUT2D eigenvalue weighted by molar-refractivity contribution is 7.84. The second-order valence-electron chi connectivity index (χ2n) is 7.76. The summed E-state index contributed by atoms with van der Waals surface area (Å²) >= 11 is 0. The van der Waals surface area contributed by atoms with Crippen LogP contribution < -0.4 is 0 Å². The first-order valence-corrected chi connectivity index (χ1v) is 12.0. The minimum atomic E-state index is -1.16. The molecule has 2 aromatic carbocycles. The zero-order chi connectivity index (χ0) is 21.6. The van der Waals surface area contributed by atoms with Gasteiger partial charge in [-0.05, 0) is 32.8 Å². The summed E-state index contributed by atoms with van der Waals surface area (Å²) in [6.07, 6.45) is 2.94. The summed E-state index contributed by atoms with van der Waals surface area (Å²) in [7, 11) is -1.16. The van der Waals surface area contributed by atoms with Crippen LogP contribution in [0.2, 0.25) is 0 Å². The average Bonchev–Trinajstić information content (AvgIpc) is 3.38. The molecule has 5 nitrogen and oxygen atoms in total. The van der Waals surface area contributed by atoms with Crippen molar-refractivity contribution in [1.29, 1.82) is 0 Å². The van der Waals surface area contributed by atoms with Crippen LogP contribution in [-0.4, -0.2) is 29.7 Å². The number of benzene rings is 2. The monoisotopic (exact) mass is 432 g/mol. The summed E-state index contributed by atoms with van der Waals surface area (Å²) in [6, 6.07) is 22.3. The zero-order valence-electron chi connectivity index (χ0n) is 18.0. The van der Waals surface area contributed by atoms with Gasteiger partial charge in [0.25, 0.3) is 0 Å². The van der Waals surface area contributed by atoms with E-state index in [1.807, 2.05) is 67.6 Å². The van der Waals surface area contributed by atoms with Gasteiger partial charge in [-0.3, -0.25) is 8.89 Å². The molecule has 2 aromatic heterocycles. The molecule has 4 aromatic rings. The number of nitrogens with zero attached hydrogens (tertiary/aromatic N) is 3. The Kier molecular flexibility index (Phi) is 6.77. The Morgan fingerprint density at radius 1 is 0.903 bits per heavy atom. The van der Waals surface area contributed by atoms with Crippen LogP contribution in [-0.2, 0) is 17.3 Å². The maximum atomic E-state index is 13.0. The van der Waals surface area contributed by atoms with Gasteiger partial charge in [0.1, 0.15) is 0 Å². The maximum absolute atomic E-state index is 13.0. The van der Waals surface area contributed by atoms with Gasteiger partial charge in [0.2, 0.25) is 0 Å². The van der Waals surface area contributed by atoms with Gasteiger partial charge in [0, 0.05) is 29.1 Å². The molecule has 0 amide bonds. The lowest BCUT2D eigenvalue weighted by atomic mass is 10.1. The number of aryl methyl sites for hydroxylation is 3. The number of imidazole rings is 1. The van der Waals surface area contributed by atoms with Crippen molar-refractivity contribution in [1.82, 2.24) is 19.7 Å². The van der Waals surface area contributed by atoms with E-state index >= 15 is 0 Å². The van der Waals surface area contributed by atoms with E-state index in [0.29, 0.717) is 10.9 Å². The molecular weight excluding hydrogens is 404 g/mol. The van der Waals surface area contributed by atoms with E-state index in [9.17, 15) is 4.21 Å². The van der Waals surface area contributed by atoms with Gasteiger partial charge in [0.15, 0.2) is 5.16 Å². The second kappa shape index (κ2) is 9.88. The van der Waals surface area contributed by atoms with Crippen molar-refractivity contribution in [2.75, 3.05) is 5.75 Å². The van der Waals surface area contributed by atoms with Gasteiger partial charge in [-0.1, -0.05) is 67.1 Å². The van der Waals surface area contributed by atoms with Crippen molar-refractivity contribution in [3.8, 4) is 22.5 Å². The van der Waals surface area contributed by atoms with Crippen molar-refractivity contribution in [3.63, 3.8) is 0 Å². The fourth-order valence-corrected chi connectivity index (χ4v) is 4.82. The molecule has 0 spiro atoms. The van der Waals surface area contributed by atoms with Crippen molar-refractivity contribution >= 4 is 10.8 Å². The van der Waals surface area contributed by atoms with E-state index in [1.54, 1.807) is 0 Å². The van der Waals surface area contributed by atoms with Gasteiger partial charge in [-0.2, -0.15) is 5.10 Å². The first-order chi connectivity index (χ1) is 15.1. The van der Waals surface area contributed by atoms with Crippen LogP contribution in [0.1, 0.15) is 30.7 Å². The molecule has 6 heteroatoms. The molecule has 0 aliphatic rings. The Morgan fingerprint density at radius 3 is 2.23 bits per heavy atom. The number of hydrogen-bond acceptors (Lipinski definition) is 3.